The summed E-state index contributed by atoms with van der Waals surface area (Å²) in [6.45, 7) is 6.12. The number of nitrogens with zero attached hydrogens (tertiary/aromatic N) is 2. The quantitative estimate of drug-likeness (QED) is 0.850. The van der Waals surface area contributed by atoms with Crippen LogP contribution in [0.4, 0.5) is 0 Å². The zero-order valence-electron chi connectivity index (χ0n) is 8.16. The number of allylic oxidation sites excluding steroid dienone is 1. The van der Waals surface area contributed by atoms with Gasteiger partial charge in [-0.1, -0.05) is 22.5 Å². The van der Waals surface area contributed by atoms with Gasteiger partial charge in [0.05, 0.1) is 18.4 Å². The number of halogens is 1. The molecular formula is C10H9BrN2OS. The Bertz CT molecular complexity index is 585. The third-order valence-corrected chi connectivity index (χ3v) is 3.39. The molecule has 0 atom stereocenters. The molecule has 0 amide bonds. The highest BCUT2D eigenvalue weighted by molar-refractivity contribution is 9.11. The Morgan fingerprint density at radius 2 is 2.47 bits per heavy atom. The van der Waals surface area contributed by atoms with Crippen LogP contribution in [0.5, 0.6) is 0 Å². The lowest BCUT2D eigenvalue weighted by Crippen LogP contribution is -2.19. The Hall–Kier alpha value is -0.940. The number of rotatable bonds is 2. The molecule has 2 aromatic rings. The van der Waals surface area contributed by atoms with E-state index >= 15 is 0 Å². The van der Waals surface area contributed by atoms with Gasteiger partial charge >= 0.3 is 0 Å². The Kier molecular flexibility index (Phi) is 2.75. The first kappa shape index (κ1) is 10.6. The van der Waals surface area contributed by atoms with Crippen LogP contribution in [0.2, 0.25) is 0 Å². The van der Waals surface area contributed by atoms with E-state index in [0.29, 0.717) is 11.2 Å². The van der Waals surface area contributed by atoms with Crippen LogP contribution in [0.25, 0.3) is 10.2 Å². The molecule has 5 heteroatoms. The van der Waals surface area contributed by atoms with E-state index < -0.39 is 0 Å². The molecule has 0 bridgehead atoms. The van der Waals surface area contributed by atoms with Crippen molar-refractivity contribution in [1.29, 1.82) is 0 Å². The summed E-state index contributed by atoms with van der Waals surface area (Å²) in [5.74, 6) is 0. The number of aromatic nitrogens is 2. The van der Waals surface area contributed by atoms with Crippen molar-refractivity contribution in [3.05, 3.63) is 38.7 Å². The Labute approximate surface area is 99.2 Å². The van der Waals surface area contributed by atoms with Crippen LogP contribution in [-0.4, -0.2) is 9.55 Å². The van der Waals surface area contributed by atoms with Crippen LogP contribution < -0.4 is 5.56 Å². The van der Waals surface area contributed by atoms with Crippen LogP contribution in [0.15, 0.2) is 27.6 Å². The number of hydrogen-bond donors (Lipinski definition) is 0. The Morgan fingerprint density at radius 1 is 1.73 bits per heavy atom. The van der Waals surface area contributed by atoms with Crippen molar-refractivity contribution in [1.82, 2.24) is 9.55 Å². The topological polar surface area (TPSA) is 34.9 Å². The van der Waals surface area contributed by atoms with E-state index in [4.69, 9.17) is 0 Å². The van der Waals surface area contributed by atoms with Gasteiger partial charge in [-0.25, -0.2) is 4.98 Å². The molecular weight excluding hydrogens is 276 g/mol. The first-order valence-corrected chi connectivity index (χ1v) is 6.03. The van der Waals surface area contributed by atoms with E-state index in [1.54, 1.807) is 10.9 Å². The molecule has 0 radical (unpaired) electrons. The summed E-state index contributed by atoms with van der Waals surface area (Å²) >= 11 is 4.68. The second-order valence-electron chi connectivity index (χ2n) is 3.29. The molecule has 0 saturated carbocycles. The van der Waals surface area contributed by atoms with Gasteiger partial charge in [0.25, 0.3) is 5.56 Å². The maximum atomic E-state index is 11.9. The van der Waals surface area contributed by atoms with E-state index in [-0.39, 0.29) is 5.56 Å². The molecule has 0 N–H and O–H groups in total. The summed E-state index contributed by atoms with van der Waals surface area (Å²) in [4.78, 5) is 16.2. The molecule has 2 rings (SSSR count). The molecule has 0 aliphatic heterocycles. The van der Waals surface area contributed by atoms with Crippen LogP contribution in [0, 0.1) is 6.92 Å². The fourth-order valence-electron chi connectivity index (χ4n) is 1.36. The molecule has 0 aliphatic rings. The van der Waals surface area contributed by atoms with Crippen LogP contribution in [0.1, 0.15) is 5.56 Å². The van der Waals surface area contributed by atoms with Gasteiger partial charge < -0.3 is 0 Å². The minimum absolute atomic E-state index is 0.00120. The second kappa shape index (κ2) is 3.90. The first-order valence-electron chi connectivity index (χ1n) is 4.36. The molecule has 2 heterocycles. The standard InChI is InChI=1S/C10H9BrN2OS/c1-6-4-15-9-8(6)12-5-13(10(9)14)3-7(2)11/h4-5H,2-3H2,1H3. The van der Waals surface area contributed by atoms with Gasteiger partial charge in [0.15, 0.2) is 0 Å². The van der Waals surface area contributed by atoms with E-state index in [2.05, 4.69) is 27.5 Å². The van der Waals surface area contributed by atoms with Crippen molar-refractivity contribution in [3.8, 4) is 0 Å². The molecule has 15 heavy (non-hydrogen) atoms. The van der Waals surface area contributed by atoms with E-state index in [1.165, 1.54) is 11.3 Å². The summed E-state index contributed by atoms with van der Waals surface area (Å²) in [7, 11) is 0. The lowest BCUT2D eigenvalue weighted by Gasteiger charge is -2.02. The molecule has 0 fully saturated rings. The SMILES string of the molecule is C=C(Br)Cn1cnc2c(C)csc2c1=O. The third kappa shape index (κ3) is 1.89. The van der Waals surface area contributed by atoms with E-state index in [1.807, 2.05) is 12.3 Å². The minimum atomic E-state index is -0.00120. The van der Waals surface area contributed by atoms with Gasteiger partial charge in [-0.3, -0.25) is 9.36 Å². The fourth-order valence-corrected chi connectivity index (χ4v) is 2.58. The molecule has 2 aromatic heterocycles. The highest BCUT2D eigenvalue weighted by Gasteiger charge is 2.07. The van der Waals surface area contributed by atoms with Crippen molar-refractivity contribution >= 4 is 37.5 Å². The number of thiophene rings is 1. The van der Waals surface area contributed by atoms with Crippen LogP contribution in [-0.2, 0) is 6.54 Å². The number of fused-ring (bicyclic) bond motifs is 1. The molecule has 0 unspecified atom stereocenters. The van der Waals surface area contributed by atoms with Crippen molar-refractivity contribution in [3.63, 3.8) is 0 Å². The Morgan fingerprint density at radius 3 is 3.13 bits per heavy atom. The number of aryl methyl sites for hydroxylation is 1. The predicted octanol–water partition coefficient (Wildman–Crippen LogP) is 2.68. The summed E-state index contributed by atoms with van der Waals surface area (Å²) in [6.07, 6.45) is 1.57. The van der Waals surface area contributed by atoms with Crippen LogP contribution in [0.3, 0.4) is 0 Å². The third-order valence-electron chi connectivity index (χ3n) is 2.07. The van der Waals surface area contributed by atoms with Gasteiger partial charge in [-0.15, -0.1) is 11.3 Å². The van der Waals surface area contributed by atoms with Gasteiger partial charge in [-0.05, 0) is 17.9 Å². The van der Waals surface area contributed by atoms with E-state index in [9.17, 15) is 4.79 Å². The van der Waals surface area contributed by atoms with Gasteiger partial charge in [-0.2, -0.15) is 0 Å². The molecule has 0 aliphatic carbocycles. The zero-order valence-corrected chi connectivity index (χ0v) is 10.6. The lowest BCUT2D eigenvalue weighted by atomic mass is 10.3. The van der Waals surface area contributed by atoms with Crippen molar-refractivity contribution in [2.24, 2.45) is 0 Å². The zero-order chi connectivity index (χ0) is 11.0. The smallest absolute Gasteiger partial charge is 0.271 e. The van der Waals surface area contributed by atoms with Gasteiger partial charge in [0, 0.05) is 4.48 Å². The predicted molar refractivity (Wildman–Crippen MR) is 66.7 cm³/mol. The average Bonchev–Trinajstić information content (AvgIpc) is 2.53. The maximum Gasteiger partial charge on any atom is 0.271 e. The molecule has 0 spiro atoms. The molecule has 78 valence electrons. The number of hydrogen-bond acceptors (Lipinski definition) is 3. The van der Waals surface area contributed by atoms with Crippen molar-refractivity contribution in [2.45, 2.75) is 13.5 Å². The first-order chi connectivity index (χ1) is 7.09. The average molecular weight is 285 g/mol. The van der Waals surface area contributed by atoms with Crippen LogP contribution >= 0.6 is 27.3 Å². The lowest BCUT2D eigenvalue weighted by molar-refractivity contribution is 0.764. The molecule has 0 aromatic carbocycles. The van der Waals surface area contributed by atoms with Gasteiger partial charge in [0.2, 0.25) is 0 Å². The summed E-state index contributed by atoms with van der Waals surface area (Å²) in [6, 6.07) is 0. The molecule has 3 nitrogen and oxygen atoms in total. The van der Waals surface area contributed by atoms with Gasteiger partial charge in [0.1, 0.15) is 4.70 Å². The van der Waals surface area contributed by atoms with Crippen molar-refractivity contribution in [2.75, 3.05) is 0 Å². The molecule has 0 saturated heterocycles. The second-order valence-corrected chi connectivity index (χ2v) is 5.29. The highest BCUT2D eigenvalue weighted by atomic mass is 79.9. The minimum Gasteiger partial charge on any atom is -0.293 e. The fraction of sp³-hybridized carbons (Fsp3) is 0.200. The normalized spacial score (nSPS) is 10.8. The largest absolute Gasteiger partial charge is 0.293 e. The maximum absolute atomic E-state index is 11.9. The summed E-state index contributed by atoms with van der Waals surface area (Å²) in [5.41, 5.74) is 1.86. The summed E-state index contributed by atoms with van der Waals surface area (Å²) in [5, 5.41) is 1.95. The highest BCUT2D eigenvalue weighted by Crippen LogP contribution is 2.19. The van der Waals surface area contributed by atoms with E-state index in [0.717, 1.165) is 15.6 Å². The monoisotopic (exact) mass is 284 g/mol. The van der Waals surface area contributed by atoms with Crippen molar-refractivity contribution < 1.29 is 0 Å². The summed E-state index contributed by atoms with van der Waals surface area (Å²) < 4.78 is 3.03. The Balaban J connectivity index is 2.66.